The first-order chi connectivity index (χ1) is 19.8. The molecule has 0 fully saturated rings. The van der Waals surface area contributed by atoms with E-state index in [4.69, 9.17) is 9.26 Å². The van der Waals surface area contributed by atoms with E-state index in [1.807, 2.05) is 13.8 Å². The van der Waals surface area contributed by atoms with Crippen LogP contribution in [0.25, 0.3) is 0 Å². The number of amides is 3. The molecular formula is C29H37N5O7S. The normalized spacial score (nSPS) is 18.1. The lowest BCUT2D eigenvalue weighted by Gasteiger charge is -2.38. The van der Waals surface area contributed by atoms with Crippen LogP contribution < -0.4 is 15.4 Å². The molecule has 2 aromatic carbocycles. The van der Waals surface area contributed by atoms with Gasteiger partial charge in [0.05, 0.1) is 29.7 Å². The number of nitrogens with zero attached hydrogens (tertiary/aromatic N) is 3. The highest BCUT2D eigenvalue weighted by Gasteiger charge is 2.35. The van der Waals surface area contributed by atoms with Crippen molar-refractivity contribution < 1.29 is 32.4 Å². The molecule has 3 amide bonds. The Kier molecular flexibility index (Phi) is 9.24. The summed E-state index contributed by atoms with van der Waals surface area (Å²) in [6.07, 6.45) is -0.628. The van der Waals surface area contributed by atoms with Gasteiger partial charge in [-0.15, -0.1) is 0 Å². The molecule has 3 atom stereocenters. The Morgan fingerprint density at radius 3 is 2.48 bits per heavy atom. The molecule has 3 N–H and O–H groups in total. The first-order valence-electron chi connectivity index (χ1n) is 13.6. The smallest absolute Gasteiger partial charge is 0.323 e. The molecule has 12 nitrogen and oxygen atoms in total. The van der Waals surface area contributed by atoms with Crippen molar-refractivity contribution in [1.82, 2.24) is 14.4 Å². The molecule has 4 rings (SSSR count). The number of ether oxygens (including phenoxy) is 1. The van der Waals surface area contributed by atoms with E-state index in [2.05, 4.69) is 15.8 Å². The van der Waals surface area contributed by atoms with Gasteiger partial charge in [-0.25, -0.2) is 13.2 Å². The van der Waals surface area contributed by atoms with Gasteiger partial charge in [0.25, 0.3) is 5.91 Å². The summed E-state index contributed by atoms with van der Waals surface area (Å²) in [7, 11) is -2.31. The Hall–Kier alpha value is -3.94. The highest BCUT2D eigenvalue weighted by atomic mass is 32.2. The number of urea groups is 1. The zero-order chi connectivity index (χ0) is 30.8. The Morgan fingerprint density at radius 1 is 1.17 bits per heavy atom. The SMILES string of the molecule is Cc1ccc(S(=O)(=O)N(C)C[C@H]2Oc3ccc(NC(=O)Nc4c(C)noc4C)cc3C(=O)N([C@H](C)CO)C[C@H]2C)cc1. The lowest BCUT2D eigenvalue weighted by Crippen LogP contribution is -2.50. The van der Waals surface area contributed by atoms with Crippen LogP contribution in [0.5, 0.6) is 5.75 Å². The van der Waals surface area contributed by atoms with Gasteiger partial charge in [0.1, 0.15) is 23.2 Å². The van der Waals surface area contributed by atoms with Crippen molar-refractivity contribution >= 4 is 33.3 Å². The molecule has 0 aliphatic carbocycles. The number of aryl methyl sites for hydroxylation is 3. The fourth-order valence-electron chi connectivity index (χ4n) is 4.70. The number of aromatic nitrogens is 1. The molecule has 0 saturated heterocycles. The van der Waals surface area contributed by atoms with Crippen LogP contribution in [0, 0.1) is 26.7 Å². The van der Waals surface area contributed by atoms with Crippen LogP contribution in [0.2, 0.25) is 0 Å². The number of aliphatic hydroxyl groups is 1. The van der Waals surface area contributed by atoms with Crippen molar-refractivity contribution in [3.8, 4) is 5.75 Å². The summed E-state index contributed by atoms with van der Waals surface area (Å²) in [5.74, 6) is 0.0229. The van der Waals surface area contributed by atoms with Crippen LogP contribution in [-0.2, 0) is 10.0 Å². The Balaban J connectivity index is 1.62. The first-order valence-corrected chi connectivity index (χ1v) is 15.0. The maximum atomic E-state index is 13.7. The molecule has 0 bridgehead atoms. The largest absolute Gasteiger partial charge is 0.488 e. The fraction of sp³-hybridized carbons (Fsp3) is 0.414. The zero-order valence-corrected chi connectivity index (χ0v) is 25.4. The second-order valence-corrected chi connectivity index (χ2v) is 12.8. The number of hydrogen-bond acceptors (Lipinski definition) is 8. The minimum Gasteiger partial charge on any atom is -0.488 e. The summed E-state index contributed by atoms with van der Waals surface area (Å²) in [5, 5.41) is 19.1. The number of nitrogens with one attached hydrogen (secondary N) is 2. The molecule has 42 heavy (non-hydrogen) atoms. The molecule has 1 aliphatic heterocycles. The van der Waals surface area contributed by atoms with Crippen LogP contribution in [0.1, 0.15) is 41.2 Å². The van der Waals surface area contributed by atoms with Gasteiger partial charge >= 0.3 is 6.03 Å². The highest BCUT2D eigenvalue weighted by Crippen LogP contribution is 2.31. The number of fused-ring (bicyclic) bond motifs is 1. The van der Waals surface area contributed by atoms with E-state index >= 15 is 0 Å². The van der Waals surface area contributed by atoms with Gasteiger partial charge in [-0.1, -0.05) is 29.8 Å². The predicted octanol–water partition coefficient (Wildman–Crippen LogP) is 3.78. The van der Waals surface area contributed by atoms with E-state index < -0.39 is 28.2 Å². The van der Waals surface area contributed by atoms with Gasteiger partial charge in [0.2, 0.25) is 10.0 Å². The Bertz CT molecular complexity index is 1540. The van der Waals surface area contributed by atoms with Gasteiger partial charge in [-0.2, -0.15) is 4.31 Å². The average molecular weight is 600 g/mol. The van der Waals surface area contributed by atoms with Crippen LogP contribution in [-0.4, -0.2) is 78.7 Å². The van der Waals surface area contributed by atoms with Crippen LogP contribution in [0.4, 0.5) is 16.2 Å². The Labute approximate surface area is 245 Å². The van der Waals surface area contributed by atoms with E-state index in [9.17, 15) is 23.1 Å². The molecule has 0 saturated carbocycles. The lowest BCUT2D eigenvalue weighted by atomic mass is 9.99. The second kappa shape index (κ2) is 12.5. The van der Waals surface area contributed by atoms with E-state index in [0.29, 0.717) is 22.8 Å². The van der Waals surface area contributed by atoms with Gasteiger partial charge in [0, 0.05) is 25.2 Å². The van der Waals surface area contributed by atoms with Crippen molar-refractivity contribution in [3.05, 3.63) is 65.0 Å². The maximum absolute atomic E-state index is 13.7. The van der Waals surface area contributed by atoms with Crippen molar-refractivity contribution in [2.45, 2.75) is 51.7 Å². The van der Waals surface area contributed by atoms with Crippen molar-refractivity contribution in [3.63, 3.8) is 0 Å². The predicted molar refractivity (Wildman–Crippen MR) is 157 cm³/mol. The summed E-state index contributed by atoms with van der Waals surface area (Å²) < 4.78 is 39.3. The van der Waals surface area contributed by atoms with Crippen LogP contribution >= 0.6 is 0 Å². The molecule has 2 heterocycles. The Morgan fingerprint density at radius 2 is 1.86 bits per heavy atom. The topological polar surface area (TPSA) is 154 Å². The first kappa shape index (κ1) is 31.0. The van der Waals surface area contributed by atoms with Gasteiger partial charge in [-0.05, 0) is 58.0 Å². The van der Waals surface area contributed by atoms with Crippen LogP contribution in [0.15, 0.2) is 51.9 Å². The average Bonchev–Trinajstić information content (AvgIpc) is 3.26. The molecular weight excluding hydrogens is 562 g/mol. The molecule has 1 aromatic heterocycles. The number of likely N-dealkylation sites (N-methyl/N-ethyl adjacent to an activating group) is 1. The van der Waals surface area contributed by atoms with Gasteiger partial charge < -0.3 is 29.9 Å². The molecule has 1 aliphatic rings. The zero-order valence-electron chi connectivity index (χ0n) is 24.5. The number of carbonyl (C=O) groups is 2. The third-order valence-corrected chi connectivity index (χ3v) is 9.20. The van der Waals surface area contributed by atoms with E-state index in [-0.39, 0.29) is 47.7 Å². The standard InChI is InChI=1S/C29H37N5O7S/c1-17-7-10-23(11-8-17)42(38,39)33(6)15-26-18(2)14-34(19(3)16-35)28(36)24-13-22(9-12-25(24)40-26)30-29(37)31-27-20(4)32-41-21(27)5/h7-13,18-19,26,35H,14-16H2,1-6H3,(H2,30,31,37)/t18-,19-,26-/m1/s1. The number of aliphatic hydroxyl groups excluding tert-OH is 1. The minimum absolute atomic E-state index is 0.0200. The molecule has 0 spiro atoms. The van der Waals surface area contributed by atoms with E-state index in [1.54, 1.807) is 62.1 Å². The minimum atomic E-state index is -3.80. The molecule has 226 valence electrons. The lowest BCUT2D eigenvalue weighted by molar-refractivity contribution is 0.0387. The molecule has 3 aromatic rings. The number of benzene rings is 2. The van der Waals surface area contributed by atoms with Crippen LogP contribution in [0.3, 0.4) is 0 Å². The van der Waals surface area contributed by atoms with Gasteiger partial charge in [0.15, 0.2) is 5.76 Å². The molecule has 0 radical (unpaired) electrons. The number of sulfonamides is 1. The monoisotopic (exact) mass is 599 g/mol. The number of hydrogen-bond donors (Lipinski definition) is 3. The van der Waals surface area contributed by atoms with Crippen molar-refractivity contribution in [1.29, 1.82) is 0 Å². The van der Waals surface area contributed by atoms with Gasteiger partial charge in [-0.3, -0.25) is 4.79 Å². The number of rotatable bonds is 8. The van der Waals surface area contributed by atoms with Crippen molar-refractivity contribution in [2.24, 2.45) is 5.92 Å². The summed E-state index contributed by atoms with van der Waals surface area (Å²) in [4.78, 5) is 28.1. The number of anilines is 2. The summed E-state index contributed by atoms with van der Waals surface area (Å²) >= 11 is 0. The third kappa shape index (κ3) is 6.58. The quantitative estimate of drug-likeness (QED) is 0.353. The second-order valence-electron chi connectivity index (χ2n) is 10.7. The summed E-state index contributed by atoms with van der Waals surface area (Å²) in [6, 6.07) is 10.2. The third-order valence-electron chi connectivity index (χ3n) is 7.36. The molecule has 13 heteroatoms. The summed E-state index contributed by atoms with van der Waals surface area (Å²) in [6.45, 7) is 8.84. The summed E-state index contributed by atoms with van der Waals surface area (Å²) in [5.41, 5.74) is 2.42. The maximum Gasteiger partial charge on any atom is 0.323 e. The van der Waals surface area contributed by atoms with Crippen molar-refractivity contribution in [2.75, 3.05) is 37.4 Å². The highest BCUT2D eigenvalue weighted by molar-refractivity contribution is 7.89. The molecule has 0 unspecified atom stereocenters. The van der Waals surface area contributed by atoms with E-state index in [1.165, 1.54) is 17.4 Å². The number of carbonyl (C=O) groups excluding carboxylic acids is 2. The van der Waals surface area contributed by atoms with E-state index in [0.717, 1.165) is 5.56 Å². The fourth-order valence-corrected chi connectivity index (χ4v) is 5.88.